The molecular weight excluding hydrogens is 1150 g/mol. The van der Waals surface area contributed by atoms with Crippen molar-refractivity contribution in [2.24, 2.45) is 35.5 Å². The summed E-state index contributed by atoms with van der Waals surface area (Å²) in [6, 6.07) is 11.3. The smallest absolute Gasteiger partial charge is 0.416 e. The highest BCUT2D eigenvalue weighted by molar-refractivity contribution is 6.30. The van der Waals surface area contributed by atoms with Crippen LogP contribution < -0.4 is 9.47 Å². The molecule has 9 unspecified atom stereocenters. The Labute approximate surface area is 508 Å². The number of carboxylic acid groups (broad SMARTS) is 3. The summed E-state index contributed by atoms with van der Waals surface area (Å²) in [7, 11) is 0. The summed E-state index contributed by atoms with van der Waals surface area (Å²) in [5.74, 6) is -3.22. The molecule has 5 rings (SSSR count). The molecule has 0 radical (unpaired) electrons. The average molecular weight is 1240 g/mol. The van der Waals surface area contributed by atoms with Crippen LogP contribution in [-0.2, 0) is 20.6 Å². The lowest BCUT2D eigenvalue weighted by molar-refractivity contribution is -0.138. The summed E-state index contributed by atoms with van der Waals surface area (Å²) in [6.45, 7) is 1.91. The molecule has 0 amide bonds. The van der Waals surface area contributed by atoms with Gasteiger partial charge in [0.15, 0.2) is 0 Å². The monoisotopic (exact) mass is 1240 g/mol. The van der Waals surface area contributed by atoms with Gasteiger partial charge in [-0.3, -0.25) is 14.4 Å². The Hall–Kier alpha value is -5.39. The number of carbonyl (C=O) groups is 3. The Kier molecular flexibility index (Phi) is 35.6. The highest BCUT2D eigenvalue weighted by Gasteiger charge is 2.41. The van der Waals surface area contributed by atoms with Crippen molar-refractivity contribution in [1.29, 1.82) is 0 Å². The van der Waals surface area contributed by atoms with Gasteiger partial charge in [-0.05, 0) is 118 Å². The number of aliphatic hydroxyl groups excluding tert-OH is 9. The zero-order valence-electron chi connectivity index (χ0n) is 49.0. The molecule has 15 atom stereocenters. The molecule has 17 nitrogen and oxygen atoms in total. The first-order valence-corrected chi connectivity index (χ1v) is 30.2. The lowest BCUT2D eigenvalue weighted by Crippen LogP contribution is -2.21. The van der Waals surface area contributed by atoms with Crippen molar-refractivity contribution in [3.05, 3.63) is 132 Å². The topological polar surface area (TPSA) is 312 Å². The molecule has 0 aliphatic heterocycles. The maximum atomic E-state index is 12.8. The van der Waals surface area contributed by atoms with E-state index >= 15 is 0 Å². The number of rotatable bonds is 34. The van der Waals surface area contributed by atoms with Gasteiger partial charge < -0.3 is 70.8 Å². The van der Waals surface area contributed by atoms with Crippen LogP contribution in [0.4, 0.5) is 13.2 Å². The third-order valence-corrected chi connectivity index (χ3v) is 15.6. The van der Waals surface area contributed by atoms with E-state index in [2.05, 4.69) is 6.92 Å². The molecule has 0 aromatic heterocycles. The minimum absolute atomic E-state index is 0.0190. The van der Waals surface area contributed by atoms with Crippen LogP contribution in [0.1, 0.15) is 134 Å². The van der Waals surface area contributed by atoms with Crippen LogP contribution in [0.25, 0.3) is 0 Å². The number of carboxylic acids is 3. The predicted molar refractivity (Wildman–Crippen MR) is 320 cm³/mol. The first-order chi connectivity index (χ1) is 40.9. The van der Waals surface area contributed by atoms with Gasteiger partial charge in [0.1, 0.15) is 36.9 Å². The van der Waals surface area contributed by atoms with Crippen LogP contribution in [0.2, 0.25) is 5.02 Å². The quantitative estimate of drug-likeness (QED) is 0.0229. The summed E-state index contributed by atoms with van der Waals surface area (Å²) in [6.07, 6.45) is 21.0. The van der Waals surface area contributed by atoms with E-state index in [1.807, 2.05) is 42.5 Å². The number of halogens is 4. The molecule has 0 heterocycles. The maximum absolute atomic E-state index is 12.8. The zero-order chi connectivity index (χ0) is 63.6. The first kappa shape index (κ1) is 74.9. The van der Waals surface area contributed by atoms with Gasteiger partial charge in [0.2, 0.25) is 0 Å². The van der Waals surface area contributed by atoms with Crippen molar-refractivity contribution >= 4 is 29.5 Å². The van der Waals surface area contributed by atoms with E-state index < -0.39 is 90.5 Å². The number of aliphatic hydroxyl groups is 9. The molecule has 86 heavy (non-hydrogen) atoms. The number of ether oxygens (including phenoxy) is 2. The van der Waals surface area contributed by atoms with Crippen LogP contribution >= 0.6 is 11.6 Å². The number of benzene rings is 2. The van der Waals surface area contributed by atoms with Crippen molar-refractivity contribution in [3.63, 3.8) is 0 Å². The molecule has 12 N–H and O–H groups in total. The Morgan fingerprint density at radius 3 is 1.27 bits per heavy atom. The second kappa shape index (κ2) is 40.9. The molecule has 2 aromatic rings. The van der Waals surface area contributed by atoms with Gasteiger partial charge in [-0.25, -0.2) is 0 Å². The number of alkyl halides is 3. The average Bonchev–Trinajstić information content (AvgIpc) is 4.22. The van der Waals surface area contributed by atoms with E-state index in [9.17, 15) is 73.5 Å². The standard InChI is InChI=1S/C23H29F3O6.C22H29ClO6.C20H34O5/c24-23(25,26)15-6-5-7-17(12-15)32-14-16(27)10-11-19-18(20(28)13-21(19)29)8-3-1-2-4-9-22(30)31;23-15-6-5-7-17(12-15)29-14-16(24)10-11-19-18(20(25)13-21(19)26)8-3-1-2-4-9-22(27)28;1-2-3-6-9-15(21)12-13-17-16(18(22)14-19(17)23)10-7-4-5-8-11-20(24)25/h1,3,5-7,10-12,16,18-21,27-29H,2,4,8-9,13-14H2,(H,30,31);1,3,5-7,10-12,16,18-21,24-26H,2,4,8-9,13-14H2,(H,27,28);4,7,12-13,15-19,21-23H,2-3,5-6,8-11,14H2,1H3,(H,24,25)/b2*3-1-,11-10+;7-4-,13-12+/t2*16?,18-,19-,20?,21?;15?,16-,17-,18?,19?/m111/s1. The van der Waals surface area contributed by atoms with E-state index in [0.29, 0.717) is 81.4 Å². The maximum Gasteiger partial charge on any atom is 0.416 e. The van der Waals surface area contributed by atoms with E-state index in [1.165, 1.54) is 18.2 Å². The number of hydrogen-bond donors (Lipinski definition) is 12. The molecule has 0 spiro atoms. The van der Waals surface area contributed by atoms with Gasteiger partial charge >= 0.3 is 24.1 Å². The van der Waals surface area contributed by atoms with Crippen molar-refractivity contribution in [2.45, 2.75) is 190 Å². The Morgan fingerprint density at radius 1 is 0.535 bits per heavy atom. The van der Waals surface area contributed by atoms with Gasteiger partial charge in [0.05, 0.1) is 48.3 Å². The zero-order valence-corrected chi connectivity index (χ0v) is 49.7. The van der Waals surface area contributed by atoms with E-state index in [4.69, 9.17) is 36.4 Å². The lowest BCUT2D eigenvalue weighted by Gasteiger charge is -2.19. The fourth-order valence-electron chi connectivity index (χ4n) is 10.6. The molecule has 21 heteroatoms. The molecule has 2 aromatic carbocycles. The molecule has 3 saturated carbocycles. The fraction of sp³-hybridized carbons (Fsp3) is 0.585. The van der Waals surface area contributed by atoms with Crippen LogP contribution in [-0.4, -0.2) is 147 Å². The summed E-state index contributed by atoms with van der Waals surface area (Å²) < 4.78 is 49.0. The number of unbranched alkanes of at least 4 members (excludes halogenated alkanes) is 5. The molecule has 0 bridgehead atoms. The van der Waals surface area contributed by atoms with Crippen LogP contribution in [0.15, 0.2) is 121 Å². The van der Waals surface area contributed by atoms with Crippen molar-refractivity contribution in [3.8, 4) is 11.5 Å². The molecule has 0 saturated heterocycles. The molecular formula is C65H92ClF3O17. The van der Waals surface area contributed by atoms with Crippen LogP contribution in [0, 0.1) is 35.5 Å². The Bertz CT molecular complexity index is 2450. The number of hydrogen-bond acceptors (Lipinski definition) is 14. The Balaban J connectivity index is 0.000000340. The normalized spacial score (nSPS) is 26.1. The van der Waals surface area contributed by atoms with Crippen LogP contribution in [0.5, 0.6) is 11.5 Å². The van der Waals surface area contributed by atoms with E-state index in [1.54, 1.807) is 48.6 Å². The second-order valence-electron chi connectivity index (χ2n) is 22.3. The largest absolute Gasteiger partial charge is 0.491 e. The Morgan fingerprint density at radius 2 is 0.907 bits per heavy atom. The highest BCUT2D eigenvalue weighted by Crippen LogP contribution is 2.39. The lowest BCUT2D eigenvalue weighted by atomic mass is 9.89. The van der Waals surface area contributed by atoms with Crippen molar-refractivity contribution < 1.29 is 98.3 Å². The second-order valence-corrected chi connectivity index (χ2v) is 22.7. The third-order valence-electron chi connectivity index (χ3n) is 15.3. The van der Waals surface area contributed by atoms with Crippen molar-refractivity contribution in [2.75, 3.05) is 13.2 Å². The number of aliphatic carboxylic acids is 3. The minimum Gasteiger partial charge on any atom is -0.491 e. The van der Waals surface area contributed by atoms with Gasteiger partial charge in [-0.15, -0.1) is 0 Å². The van der Waals surface area contributed by atoms with Gasteiger partial charge in [-0.1, -0.05) is 123 Å². The predicted octanol–water partition coefficient (Wildman–Crippen LogP) is 9.80. The van der Waals surface area contributed by atoms with E-state index in [-0.39, 0.29) is 74.2 Å². The molecule has 3 aliphatic carbocycles. The highest BCUT2D eigenvalue weighted by atomic mass is 35.5. The summed E-state index contributed by atoms with van der Waals surface area (Å²) in [5.41, 5.74) is -0.845. The van der Waals surface area contributed by atoms with E-state index in [0.717, 1.165) is 37.8 Å². The SMILES string of the molecule is CCCCCC(O)/C=C/[C@H]1C(O)CC(O)[C@@H]1C/C=C\CCCC(=O)O.O=C(O)CCC/C=C\C[C@H]1C(O)CC(O)[C@@H]1/C=C/C(O)COc1cccc(C(F)(F)F)c1.O=C(O)CCC/C=C\C[C@H]1C(O)CC(O)[C@@H]1/C=C/C(O)COc1cccc(Cl)c1. The summed E-state index contributed by atoms with van der Waals surface area (Å²) in [4.78, 5) is 31.5. The van der Waals surface area contributed by atoms with Gasteiger partial charge in [0, 0.05) is 61.3 Å². The molecule has 482 valence electrons. The van der Waals surface area contributed by atoms with Crippen LogP contribution in [0.3, 0.4) is 0 Å². The first-order valence-electron chi connectivity index (χ1n) is 29.9. The number of allylic oxidation sites excluding steroid dienone is 6. The van der Waals surface area contributed by atoms with Crippen molar-refractivity contribution in [1.82, 2.24) is 0 Å². The minimum atomic E-state index is -4.49. The molecule has 3 fully saturated rings. The summed E-state index contributed by atoms with van der Waals surface area (Å²) >= 11 is 5.90. The third kappa shape index (κ3) is 30.0. The fourth-order valence-corrected chi connectivity index (χ4v) is 10.8. The molecule has 3 aliphatic rings. The van der Waals surface area contributed by atoms with Gasteiger partial charge in [0.25, 0.3) is 0 Å². The van der Waals surface area contributed by atoms with Gasteiger partial charge in [-0.2, -0.15) is 13.2 Å². The summed E-state index contributed by atoms with van der Waals surface area (Å²) in [5, 5.41) is 118.